The van der Waals surface area contributed by atoms with Gasteiger partial charge in [-0.3, -0.25) is 9.78 Å². The van der Waals surface area contributed by atoms with Crippen molar-refractivity contribution in [1.82, 2.24) is 4.98 Å². The smallest absolute Gasteiger partial charge is 0.280 e. The monoisotopic (exact) mass is 356 g/mol. The van der Waals surface area contributed by atoms with Crippen molar-refractivity contribution in [3.8, 4) is 11.3 Å². The number of benzene rings is 2. The summed E-state index contributed by atoms with van der Waals surface area (Å²) < 4.78 is 14.6. The number of rotatable bonds is 2. The quantitative estimate of drug-likeness (QED) is 0.543. The summed E-state index contributed by atoms with van der Waals surface area (Å²) in [7, 11) is 0. The minimum atomic E-state index is -0.600. The fraction of sp³-hybridized carbons (Fsp3) is 0.0556. The number of carbonyl (C=O) groups is 1. The lowest BCUT2D eigenvalue weighted by Gasteiger charge is -2.10. The normalized spacial score (nSPS) is 10.7. The fourth-order valence-corrected chi connectivity index (χ4v) is 2.78. The van der Waals surface area contributed by atoms with Crippen LogP contribution in [0.25, 0.3) is 22.0 Å². The van der Waals surface area contributed by atoms with Crippen LogP contribution < -0.4 is 11.5 Å². The van der Waals surface area contributed by atoms with Crippen molar-refractivity contribution in [2.75, 3.05) is 0 Å². The zero-order valence-corrected chi connectivity index (χ0v) is 14.0. The highest BCUT2D eigenvalue weighted by atomic mass is 35.5. The Balaban J connectivity index is 2.29. The Labute approximate surface area is 148 Å². The second-order valence-corrected chi connectivity index (χ2v) is 5.90. The minimum absolute atomic E-state index is 0.249. The molecule has 1 amide bonds. The molecule has 3 aromatic rings. The molecule has 0 spiro atoms. The van der Waals surface area contributed by atoms with Gasteiger partial charge in [0.15, 0.2) is 5.96 Å². The molecule has 0 saturated carbocycles. The molecule has 0 aliphatic heterocycles. The molecule has 0 unspecified atom stereocenters. The van der Waals surface area contributed by atoms with E-state index >= 15 is 0 Å². The summed E-state index contributed by atoms with van der Waals surface area (Å²) in [6.45, 7) is 1.67. The predicted molar refractivity (Wildman–Crippen MR) is 97.0 cm³/mol. The first kappa shape index (κ1) is 16.9. The van der Waals surface area contributed by atoms with Gasteiger partial charge in [0.2, 0.25) is 0 Å². The third-order valence-corrected chi connectivity index (χ3v) is 4.06. The van der Waals surface area contributed by atoms with Gasteiger partial charge in [-0.1, -0.05) is 29.8 Å². The van der Waals surface area contributed by atoms with Crippen LogP contribution in [0.3, 0.4) is 0 Å². The molecule has 0 aliphatic rings. The first-order valence-electron chi connectivity index (χ1n) is 7.36. The number of aryl methyl sites for hydroxylation is 1. The number of pyridine rings is 1. The van der Waals surface area contributed by atoms with Crippen molar-refractivity contribution in [1.29, 1.82) is 0 Å². The third-order valence-electron chi connectivity index (χ3n) is 3.76. The molecule has 0 radical (unpaired) electrons. The molecule has 25 heavy (non-hydrogen) atoms. The lowest BCUT2D eigenvalue weighted by atomic mass is 10.00. The van der Waals surface area contributed by atoms with Crippen LogP contribution in [-0.2, 0) is 0 Å². The molecule has 0 bridgehead atoms. The molecule has 7 heteroatoms. The summed E-state index contributed by atoms with van der Waals surface area (Å²) in [4.78, 5) is 19.9. The van der Waals surface area contributed by atoms with E-state index in [-0.39, 0.29) is 17.3 Å². The highest BCUT2D eigenvalue weighted by Gasteiger charge is 2.15. The number of nitrogens with zero attached hydrogens (tertiary/aromatic N) is 2. The van der Waals surface area contributed by atoms with Crippen LogP contribution in [0.1, 0.15) is 15.9 Å². The van der Waals surface area contributed by atoms with Crippen LogP contribution in [0.4, 0.5) is 4.39 Å². The van der Waals surface area contributed by atoms with Crippen LogP contribution in [0.5, 0.6) is 0 Å². The number of aliphatic imine (C=N–C) groups is 1. The van der Waals surface area contributed by atoms with Crippen LogP contribution in [0.2, 0.25) is 5.02 Å². The molecule has 5 nitrogen and oxygen atoms in total. The maximum atomic E-state index is 14.6. The fourth-order valence-electron chi connectivity index (χ4n) is 2.57. The Morgan fingerprint density at radius 1 is 1.20 bits per heavy atom. The van der Waals surface area contributed by atoms with Gasteiger partial charge in [-0.15, -0.1) is 0 Å². The first-order valence-corrected chi connectivity index (χ1v) is 7.74. The van der Waals surface area contributed by atoms with E-state index in [2.05, 4.69) is 9.98 Å². The zero-order chi connectivity index (χ0) is 18.1. The molecule has 0 saturated heterocycles. The number of nitrogens with two attached hydrogens (primary N) is 2. The summed E-state index contributed by atoms with van der Waals surface area (Å²) in [6.07, 6.45) is 1.46. The molecular formula is C18H14ClFN4O. The summed E-state index contributed by atoms with van der Waals surface area (Å²) >= 11 is 6.20. The van der Waals surface area contributed by atoms with Crippen LogP contribution in [-0.4, -0.2) is 16.9 Å². The predicted octanol–water partition coefficient (Wildman–Crippen LogP) is 3.42. The van der Waals surface area contributed by atoms with E-state index < -0.39 is 5.91 Å². The van der Waals surface area contributed by atoms with Gasteiger partial charge < -0.3 is 11.5 Å². The minimum Gasteiger partial charge on any atom is -0.370 e. The lowest BCUT2D eigenvalue weighted by molar-refractivity contribution is 0.100. The van der Waals surface area contributed by atoms with E-state index in [1.165, 1.54) is 6.20 Å². The number of fused-ring (bicyclic) bond motifs is 1. The summed E-state index contributed by atoms with van der Waals surface area (Å²) in [5, 5.41) is 1.58. The van der Waals surface area contributed by atoms with Crippen LogP contribution in [0.15, 0.2) is 47.6 Å². The number of amides is 1. The lowest BCUT2D eigenvalue weighted by Crippen LogP contribution is -2.24. The standard InChI is InChI=1S/C18H14ClFN4O/c1-9-3-2-4-12(15(9)20)16-13-7-10(17(25)24-18(21)22)5-6-11(13)14(19)8-23-16/h2-8H,1H3,(H4,21,22,24,25). The Bertz CT molecular complexity index is 1030. The summed E-state index contributed by atoms with van der Waals surface area (Å²) in [6, 6.07) is 9.81. The van der Waals surface area contributed by atoms with Crippen molar-refractivity contribution in [3.05, 3.63) is 64.6 Å². The van der Waals surface area contributed by atoms with Crippen LogP contribution >= 0.6 is 11.6 Å². The second-order valence-electron chi connectivity index (χ2n) is 5.49. The highest BCUT2D eigenvalue weighted by molar-refractivity contribution is 6.35. The van der Waals surface area contributed by atoms with Gasteiger partial charge in [0.1, 0.15) is 5.82 Å². The molecule has 1 heterocycles. The van der Waals surface area contributed by atoms with Crippen LogP contribution in [0, 0.1) is 12.7 Å². The van der Waals surface area contributed by atoms with E-state index in [0.717, 1.165) is 0 Å². The highest BCUT2D eigenvalue weighted by Crippen LogP contribution is 2.33. The van der Waals surface area contributed by atoms with Crippen molar-refractivity contribution in [3.63, 3.8) is 0 Å². The third kappa shape index (κ3) is 3.16. The van der Waals surface area contributed by atoms with Gasteiger partial charge in [-0.2, -0.15) is 4.99 Å². The Hall–Kier alpha value is -2.99. The molecule has 1 aromatic heterocycles. The largest absolute Gasteiger partial charge is 0.370 e. The van der Waals surface area contributed by atoms with Crippen molar-refractivity contribution in [2.24, 2.45) is 16.5 Å². The van der Waals surface area contributed by atoms with Gasteiger partial charge in [0, 0.05) is 28.1 Å². The number of hydrogen-bond donors (Lipinski definition) is 2. The van der Waals surface area contributed by atoms with Crippen molar-refractivity contribution in [2.45, 2.75) is 6.92 Å². The van der Waals surface area contributed by atoms with E-state index in [4.69, 9.17) is 23.1 Å². The SMILES string of the molecule is Cc1cccc(-c2ncc(Cl)c3ccc(C(=O)N=C(N)N)cc23)c1F. The number of hydrogen-bond acceptors (Lipinski definition) is 2. The van der Waals surface area contributed by atoms with E-state index in [9.17, 15) is 9.18 Å². The zero-order valence-electron chi connectivity index (χ0n) is 13.3. The van der Waals surface area contributed by atoms with Gasteiger partial charge in [0.05, 0.1) is 10.7 Å². The molecule has 126 valence electrons. The number of aromatic nitrogens is 1. The van der Waals surface area contributed by atoms with E-state index in [1.54, 1.807) is 43.3 Å². The average molecular weight is 357 g/mol. The Kier molecular flexibility index (Phi) is 4.37. The number of carbonyl (C=O) groups excluding carboxylic acids is 1. The topological polar surface area (TPSA) is 94.4 Å². The number of halogens is 2. The van der Waals surface area contributed by atoms with Gasteiger partial charge in [-0.05, 0) is 30.7 Å². The van der Waals surface area contributed by atoms with Gasteiger partial charge in [-0.25, -0.2) is 4.39 Å². The van der Waals surface area contributed by atoms with Crippen molar-refractivity contribution < 1.29 is 9.18 Å². The molecule has 0 aliphatic carbocycles. The number of guanidine groups is 1. The summed E-state index contributed by atoms with van der Waals surface area (Å²) in [5.74, 6) is -1.31. The van der Waals surface area contributed by atoms with E-state index in [0.29, 0.717) is 32.6 Å². The molecule has 2 aromatic carbocycles. The first-order chi connectivity index (χ1) is 11.9. The summed E-state index contributed by atoms with van der Waals surface area (Å²) in [5.41, 5.74) is 12.0. The molecule has 3 rings (SSSR count). The second kappa shape index (κ2) is 6.49. The molecule has 4 N–H and O–H groups in total. The molecule has 0 atom stereocenters. The Morgan fingerprint density at radius 2 is 1.96 bits per heavy atom. The average Bonchev–Trinajstić information content (AvgIpc) is 2.57. The molecular weight excluding hydrogens is 343 g/mol. The van der Waals surface area contributed by atoms with Crippen molar-refractivity contribution >= 4 is 34.2 Å². The Morgan fingerprint density at radius 3 is 2.68 bits per heavy atom. The van der Waals surface area contributed by atoms with Gasteiger partial charge in [0.25, 0.3) is 5.91 Å². The van der Waals surface area contributed by atoms with E-state index in [1.807, 2.05) is 0 Å². The maximum absolute atomic E-state index is 14.6. The molecule has 0 fully saturated rings. The van der Waals surface area contributed by atoms with Gasteiger partial charge >= 0.3 is 0 Å². The maximum Gasteiger partial charge on any atom is 0.280 e.